The molecule has 1 aromatic carbocycles. The van der Waals surface area contributed by atoms with Gasteiger partial charge < -0.3 is 15.0 Å². The van der Waals surface area contributed by atoms with E-state index in [2.05, 4.69) is 29.1 Å². The van der Waals surface area contributed by atoms with Crippen molar-refractivity contribution in [1.82, 2.24) is 15.3 Å². The molecular weight excluding hydrogens is 428 g/mol. The first-order valence-electron chi connectivity index (χ1n) is 11.3. The standard InChI is InChI=1S/C24H33ClN4O3/c1-16(2)4-10-21(18-5-7-19(25)8-6-18)27-22(30)11-9-20-17(3)26-24(28-23(20)31)29-12-14-32-15-13-29/h5-8,16,21H,4,9-15H2,1-3H3,(H,27,30)(H,26,28,31). The van der Waals surface area contributed by atoms with Crippen LogP contribution in [-0.4, -0.2) is 42.2 Å². The number of hydrogen-bond donors (Lipinski definition) is 2. The minimum atomic E-state index is -0.180. The van der Waals surface area contributed by atoms with Gasteiger partial charge in [-0.15, -0.1) is 0 Å². The number of aromatic amines is 1. The van der Waals surface area contributed by atoms with Crippen molar-refractivity contribution in [3.63, 3.8) is 0 Å². The fourth-order valence-corrected chi connectivity index (χ4v) is 3.96. The van der Waals surface area contributed by atoms with Gasteiger partial charge in [-0.25, -0.2) is 4.98 Å². The number of nitrogens with one attached hydrogen (secondary N) is 2. The summed E-state index contributed by atoms with van der Waals surface area (Å²) in [5.41, 5.74) is 2.08. The van der Waals surface area contributed by atoms with Crippen LogP contribution in [0.25, 0.3) is 0 Å². The zero-order valence-corrected chi connectivity index (χ0v) is 19.9. The third kappa shape index (κ3) is 6.81. The number of H-pyrrole nitrogens is 1. The van der Waals surface area contributed by atoms with E-state index in [4.69, 9.17) is 16.3 Å². The van der Waals surface area contributed by atoms with Crippen molar-refractivity contribution in [2.75, 3.05) is 31.2 Å². The van der Waals surface area contributed by atoms with Crippen molar-refractivity contribution in [3.8, 4) is 0 Å². The molecule has 0 radical (unpaired) electrons. The number of nitrogens with zero attached hydrogens (tertiary/aromatic N) is 2. The molecule has 8 heteroatoms. The van der Waals surface area contributed by atoms with Gasteiger partial charge in [-0.2, -0.15) is 0 Å². The van der Waals surface area contributed by atoms with Gasteiger partial charge in [0.05, 0.1) is 19.3 Å². The topological polar surface area (TPSA) is 87.3 Å². The van der Waals surface area contributed by atoms with E-state index in [1.165, 1.54) is 0 Å². The molecule has 0 aliphatic carbocycles. The number of hydrogen-bond acceptors (Lipinski definition) is 5. The summed E-state index contributed by atoms with van der Waals surface area (Å²) in [6.45, 7) is 8.81. The summed E-state index contributed by atoms with van der Waals surface area (Å²) >= 11 is 6.02. The van der Waals surface area contributed by atoms with E-state index in [0.29, 0.717) is 60.9 Å². The lowest BCUT2D eigenvalue weighted by Crippen LogP contribution is -2.38. The molecule has 2 heterocycles. The van der Waals surface area contributed by atoms with Gasteiger partial charge in [0.2, 0.25) is 11.9 Å². The van der Waals surface area contributed by atoms with Crippen LogP contribution in [0.4, 0.5) is 5.95 Å². The number of aromatic nitrogens is 2. The maximum atomic E-state index is 12.8. The highest BCUT2D eigenvalue weighted by molar-refractivity contribution is 6.30. The summed E-state index contributed by atoms with van der Waals surface area (Å²) in [7, 11) is 0. The zero-order chi connectivity index (χ0) is 23.1. The van der Waals surface area contributed by atoms with Crippen LogP contribution >= 0.6 is 11.6 Å². The molecule has 1 atom stereocenters. The molecule has 2 N–H and O–H groups in total. The Morgan fingerprint density at radius 3 is 2.53 bits per heavy atom. The van der Waals surface area contributed by atoms with Gasteiger partial charge in [-0.05, 0) is 49.8 Å². The van der Waals surface area contributed by atoms with Crippen molar-refractivity contribution in [2.45, 2.75) is 52.5 Å². The molecule has 1 unspecified atom stereocenters. The monoisotopic (exact) mass is 460 g/mol. The van der Waals surface area contributed by atoms with E-state index < -0.39 is 0 Å². The van der Waals surface area contributed by atoms with Gasteiger partial charge in [-0.1, -0.05) is 37.6 Å². The highest BCUT2D eigenvalue weighted by atomic mass is 35.5. The summed E-state index contributed by atoms with van der Waals surface area (Å²) in [5.74, 6) is 1.03. The minimum Gasteiger partial charge on any atom is -0.378 e. The van der Waals surface area contributed by atoms with Crippen LogP contribution in [0.3, 0.4) is 0 Å². The van der Waals surface area contributed by atoms with E-state index in [0.717, 1.165) is 18.4 Å². The second-order valence-electron chi connectivity index (χ2n) is 8.70. The zero-order valence-electron chi connectivity index (χ0n) is 19.1. The lowest BCUT2D eigenvalue weighted by atomic mass is 9.97. The molecule has 0 saturated carbocycles. The first-order valence-corrected chi connectivity index (χ1v) is 11.7. The average Bonchev–Trinajstić information content (AvgIpc) is 2.77. The van der Waals surface area contributed by atoms with Crippen molar-refractivity contribution in [1.29, 1.82) is 0 Å². The Morgan fingerprint density at radius 2 is 1.91 bits per heavy atom. The van der Waals surface area contributed by atoms with Crippen molar-refractivity contribution in [2.24, 2.45) is 5.92 Å². The van der Waals surface area contributed by atoms with Gasteiger partial charge in [0.15, 0.2) is 0 Å². The Morgan fingerprint density at radius 1 is 1.22 bits per heavy atom. The predicted molar refractivity (Wildman–Crippen MR) is 127 cm³/mol. The molecule has 1 fully saturated rings. The number of morpholine rings is 1. The van der Waals surface area contributed by atoms with Gasteiger partial charge in [-0.3, -0.25) is 14.6 Å². The maximum absolute atomic E-state index is 12.8. The first kappa shape index (κ1) is 24.3. The molecule has 1 aliphatic heterocycles. The fraction of sp³-hybridized carbons (Fsp3) is 0.542. The van der Waals surface area contributed by atoms with Crippen LogP contribution in [0.15, 0.2) is 29.1 Å². The molecule has 174 valence electrons. The van der Waals surface area contributed by atoms with Crippen molar-refractivity contribution < 1.29 is 9.53 Å². The van der Waals surface area contributed by atoms with Gasteiger partial charge in [0, 0.05) is 35.8 Å². The highest BCUT2D eigenvalue weighted by Gasteiger charge is 2.19. The number of carbonyl (C=O) groups excluding carboxylic acids is 1. The minimum absolute atomic E-state index is 0.0789. The highest BCUT2D eigenvalue weighted by Crippen LogP contribution is 2.23. The molecule has 1 aromatic heterocycles. The number of halogens is 1. The number of benzene rings is 1. The van der Waals surface area contributed by atoms with Gasteiger partial charge in [0.25, 0.3) is 5.56 Å². The molecule has 1 aliphatic rings. The molecule has 2 aromatic rings. The van der Waals surface area contributed by atoms with Gasteiger partial charge in [0.1, 0.15) is 0 Å². The number of aryl methyl sites for hydroxylation is 1. The summed E-state index contributed by atoms with van der Waals surface area (Å²) in [4.78, 5) is 34.9. The summed E-state index contributed by atoms with van der Waals surface area (Å²) in [6, 6.07) is 7.52. The Balaban J connectivity index is 1.64. The van der Waals surface area contributed by atoms with Crippen LogP contribution in [0, 0.1) is 12.8 Å². The normalized spacial score (nSPS) is 15.1. The number of carbonyl (C=O) groups is 1. The van der Waals surface area contributed by atoms with Crippen molar-refractivity contribution in [3.05, 3.63) is 56.5 Å². The van der Waals surface area contributed by atoms with Crippen LogP contribution in [-0.2, 0) is 16.0 Å². The second kappa shape index (κ2) is 11.5. The fourth-order valence-electron chi connectivity index (χ4n) is 3.84. The van der Waals surface area contributed by atoms with Crippen LogP contribution in [0.1, 0.15) is 56.0 Å². The van der Waals surface area contributed by atoms with E-state index in [1.54, 1.807) is 0 Å². The summed E-state index contributed by atoms with van der Waals surface area (Å²) in [5, 5.41) is 3.82. The molecule has 3 rings (SSSR count). The lowest BCUT2D eigenvalue weighted by Gasteiger charge is -2.27. The molecule has 0 bridgehead atoms. The Labute approximate surface area is 194 Å². The number of amides is 1. The molecule has 7 nitrogen and oxygen atoms in total. The van der Waals surface area contributed by atoms with E-state index in [1.807, 2.05) is 36.1 Å². The maximum Gasteiger partial charge on any atom is 0.255 e. The van der Waals surface area contributed by atoms with E-state index in [9.17, 15) is 9.59 Å². The quantitative estimate of drug-likeness (QED) is 0.594. The van der Waals surface area contributed by atoms with Crippen LogP contribution < -0.4 is 15.8 Å². The number of rotatable bonds is 9. The molecule has 0 spiro atoms. The smallest absolute Gasteiger partial charge is 0.255 e. The number of anilines is 1. The molecular formula is C24H33ClN4O3. The third-order valence-corrected chi connectivity index (χ3v) is 6.01. The average molecular weight is 461 g/mol. The van der Waals surface area contributed by atoms with Gasteiger partial charge >= 0.3 is 0 Å². The van der Waals surface area contributed by atoms with E-state index >= 15 is 0 Å². The van der Waals surface area contributed by atoms with Crippen LogP contribution in [0.2, 0.25) is 5.02 Å². The number of ether oxygens (including phenoxy) is 1. The Hall–Kier alpha value is -2.38. The molecule has 1 saturated heterocycles. The summed E-state index contributed by atoms with van der Waals surface area (Å²) in [6.07, 6.45) is 2.43. The Bertz CT molecular complexity index is 953. The largest absolute Gasteiger partial charge is 0.378 e. The second-order valence-corrected chi connectivity index (χ2v) is 9.13. The third-order valence-electron chi connectivity index (χ3n) is 5.76. The van der Waals surface area contributed by atoms with Crippen LogP contribution in [0.5, 0.6) is 0 Å². The van der Waals surface area contributed by atoms with Crippen molar-refractivity contribution >= 4 is 23.5 Å². The lowest BCUT2D eigenvalue weighted by molar-refractivity contribution is -0.121. The Kier molecular flexibility index (Phi) is 8.70. The predicted octanol–water partition coefficient (Wildman–Crippen LogP) is 3.79. The first-order chi connectivity index (χ1) is 15.3. The molecule has 32 heavy (non-hydrogen) atoms. The molecule has 1 amide bonds. The summed E-state index contributed by atoms with van der Waals surface area (Å²) < 4.78 is 5.36. The van der Waals surface area contributed by atoms with E-state index in [-0.39, 0.29) is 23.9 Å². The SMILES string of the molecule is Cc1nc(N2CCOCC2)[nH]c(=O)c1CCC(=O)NC(CCC(C)C)c1ccc(Cl)cc1.